The third-order valence-electron chi connectivity index (χ3n) is 2.76. The van der Waals surface area contributed by atoms with Gasteiger partial charge in [0.25, 0.3) is 0 Å². The van der Waals surface area contributed by atoms with E-state index >= 15 is 0 Å². The molecule has 0 aliphatic rings. The van der Waals surface area contributed by atoms with Gasteiger partial charge in [0.15, 0.2) is 0 Å². The lowest BCUT2D eigenvalue weighted by Crippen LogP contribution is -2.31. The van der Waals surface area contributed by atoms with Crippen molar-refractivity contribution in [1.82, 2.24) is 19.9 Å². The predicted octanol–water partition coefficient (Wildman–Crippen LogP) is 1.94. The quantitative estimate of drug-likeness (QED) is 0.852. The molecule has 0 aliphatic heterocycles. The van der Waals surface area contributed by atoms with E-state index in [0.717, 1.165) is 11.0 Å². The zero-order chi connectivity index (χ0) is 13.8. The van der Waals surface area contributed by atoms with Crippen LogP contribution in [0.3, 0.4) is 0 Å². The number of pyridine rings is 1. The molecule has 19 heavy (non-hydrogen) atoms. The van der Waals surface area contributed by atoms with Gasteiger partial charge < -0.3 is 9.88 Å². The first-order valence-electron chi connectivity index (χ1n) is 6.23. The summed E-state index contributed by atoms with van der Waals surface area (Å²) in [4.78, 5) is 20.3. The highest BCUT2D eigenvalue weighted by molar-refractivity contribution is 6.16. The molecule has 6 heteroatoms. The second kappa shape index (κ2) is 6.02. The lowest BCUT2D eigenvalue weighted by atomic mass is 10.2. The van der Waals surface area contributed by atoms with Crippen molar-refractivity contribution >= 4 is 28.5 Å². The second-order valence-electron chi connectivity index (χ2n) is 4.81. The first kappa shape index (κ1) is 13.8. The maximum absolute atomic E-state index is 11.9. The predicted molar refractivity (Wildman–Crippen MR) is 74.9 cm³/mol. The molecular formula is C13H17ClN4O. The molecule has 2 aromatic rings. The van der Waals surface area contributed by atoms with Crippen molar-refractivity contribution in [3.8, 4) is 0 Å². The van der Waals surface area contributed by atoms with Crippen molar-refractivity contribution in [3.63, 3.8) is 0 Å². The molecule has 0 fully saturated rings. The number of nitrogens with zero attached hydrogens (tertiary/aromatic N) is 3. The molecule has 0 bridgehead atoms. The average Bonchev–Trinajstić information content (AvgIpc) is 2.75. The van der Waals surface area contributed by atoms with Gasteiger partial charge in [-0.1, -0.05) is 13.8 Å². The average molecular weight is 281 g/mol. The van der Waals surface area contributed by atoms with E-state index in [1.807, 2.05) is 10.6 Å². The van der Waals surface area contributed by atoms with Gasteiger partial charge in [-0.05, 0) is 12.0 Å². The van der Waals surface area contributed by atoms with Gasteiger partial charge in [0, 0.05) is 12.7 Å². The Kier molecular flexibility index (Phi) is 4.37. The van der Waals surface area contributed by atoms with Crippen LogP contribution in [0.25, 0.3) is 11.0 Å². The molecule has 0 atom stereocenters. The minimum atomic E-state index is -0.0313. The van der Waals surface area contributed by atoms with E-state index < -0.39 is 0 Å². The van der Waals surface area contributed by atoms with Crippen LogP contribution < -0.4 is 5.32 Å². The molecule has 102 valence electrons. The Morgan fingerprint density at radius 2 is 2.32 bits per heavy atom. The Balaban J connectivity index is 2.21. The summed E-state index contributed by atoms with van der Waals surface area (Å²) in [5.41, 5.74) is 1.64. The van der Waals surface area contributed by atoms with Crippen molar-refractivity contribution in [3.05, 3.63) is 24.3 Å². The molecule has 2 rings (SSSR count). The molecule has 0 unspecified atom stereocenters. The Morgan fingerprint density at radius 1 is 1.53 bits per heavy atom. The number of hydrogen-bond donors (Lipinski definition) is 1. The highest BCUT2D eigenvalue weighted by Crippen LogP contribution is 2.16. The van der Waals surface area contributed by atoms with Crippen molar-refractivity contribution in [2.75, 3.05) is 6.54 Å². The van der Waals surface area contributed by atoms with Gasteiger partial charge in [-0.25, -0.2) is 4.98 Å². The van der Waals surface area contributed by atoms with Crippen LogP contribution in [0, 0.1) is 5.92 Å². The summed E-state index contributed by atoms with van der Waals surface area (Å²) in [7, 11) is 0. The molecule has 1 N–H and O–H groups in total. The Morgan fingerprint density at radius 3 is 3.00 bits per heavy atom. The van der Waals surface area contributed by atoms with Gasteiger partial charge in [0.05, 0.1) is 17.6 Å². The normalized spacial score (nSPS) is 11.2. The highest BCUT2D eigenvalue weighted by Gasteiger charge is 2.12. The van der Waals surface area contributed by atoms with Crippen LogP contribution in [0.4, 0.5) is 0 Å². The number of aromatic nitrogens is 3. The number of fused-ring (bicyclic) bond motifs is 1. The third-order valence-corrected chi connectivity index (χ3v) is 3.00. The SMILES string of the molecule is CC(C)CNC(=O)Cn1c(CCl)nc2cnccc21. The lowest BCUT2D eigenvalue weighted by Gasteiger charge is -2.10. The molecule has 0 spiro atoms. The van der Waals surface area contributed by atoms with Gasteiger partial charge in [0.2, 0.25) is 5.91 Å². The van der Waals surface area contributed by atoms with E-state index in [2.05, 4.69) is 29.1 Å². The molecular weight excluding hydrogens is 264 g/mol. The van der Waals surface area contributed by atoms with E-state index in [-0.39, 0.29) is 18.3 Å². The molecule has 5 nitrogen and oxygen atoms in total. The molecule has 2 aromatic heterocycles. The zero-order valence-electron chi connectivity index (χ0n) is 11.1. The summed E-state index contributed by atoms with van der Waals surface area (Å²) in [6.45, 7) is 5.02. The number of alkyl halides is 1. The Hall–Kier alpha value is -1.62. The van der Waals surface area contributed by atoms with Crippen LogP contribution in [-0.2, 0) is 17.2 Å². The van der Waals surface area contributed by atoms with E-state index in [0.29, 0.717) is 18.3 Å². The number of halogens is 1. The van der Waals surface area contributed by atoms with E-state index in [1.165, 1.54) is 0 Å². The largest absolute Gasteiger partial charge is 0.354 e. The van der Waals surface area contributed by atoms with Crippen molar-refractivity contribution in [2.24, 2.45) is 5.92 Å². The summed E-state index contributed by atoms with van der Waals surface area (Å²) in [6, 6.07) is 1.84. The highest BCUT2D eigenvalue weighted by atomic mass is 35.5. The van der Waals surface area contributed by atoms with Crippen LogP contribution in [0.5, 0.6) is 0 Å². The fourth-order valence-corrected chi connectivity index (χ4v) is 2.03. The topological polar surface area (TPSA) is 59.8 Å². The van der Waals surface area contributed by atoms with Crippen LogP contribution in [0.1, 0.15) is 19.7 Å². The number of amides is 1. The summed E-state index contributed by atoms with van der Waals surface area (Å²) >= 11 is 5.88. The Bertz CT molecular complexity index is 579. The number of nitrogens with one attached hydrogen (secondary N) is 1. The molecule has 2 heterocycles. The number of carbonyl (C=O) groups is 1. The molecule has 0 aliphatic carbocycles. The summed E-state index contributed by atoms with van der Waals surface area (Å²) in [5, 5.41) is 2.89. The zero-order valence-corrected chi connectivity index (χ0v) is 11.8. The Labute approximate surface area is 117 Å². The van der Waals surface area contributed by atoms with E-state index in [9.17, 15) is 4.79 Å². The van der Waals surface area contributed by atoms with Gasteiger partial charge in [-0.15, -0.1) is 11.6 Å². The number of imidazole rings is 1. The van der Waals surface area contributed by atoms with Crippen LogP contribution in [0.2, 0.25) is 0 Å². The smallest absolute Gasteiger partial charge is 0.240 e. The fraction of sp³-hybridized carbons (Fsp3) is 0.462. The first-order chi connectivity index (χ1) is 9.11. The number of rotatable bonds is 5. The van der Waals surface area contributed by atoms with Gasteiger partial charge in [-0.2, -0.15) is 0 Å². The van der Waals surface area contributed by atoms with Crippen molar-refractivity contribution in [2.45, 2.75) is 26.3 Å². The summed E-state index contributed by atoms with van der Waals surface area (Å²) < 4.78 is 1.83. The number of hydrogen-bond acceptors (Lipinski definition) is 3. The first-order valence-corrected chi connectivity index (χ1v) is 6.77. The molecule has 0 aromatic carbocycles. The fourth-order valence-electron chi connectivity index (χ4n) is 1.83. The molecule has 0 saturated carbocycles. The van der Waals surface area contributed by atoms with Gasteiger partial charge in [-0.3, -0.25) is 9.78 Å². The van der Waals surface area contributed by atoms with Crippen LogP contribution >= 0.6 is 11.6 Å². The standard InChI is InChI=1S/C13H17ClN4O/c1-9(2)6-16-13(19)8-18-11-3-4-15-7-10(11)17-12(18)5-14/h3-4,7,9H,5-6,8H2,1-2H3,(H,16,19). The van der Waals surface area contributed by atoms with Crippen LogP contribution in [0.15, 0.2) is 18.5 Å². The summed E-state index contributed by atoms with van der Waals surface area (Å²) in [6.07, 6.45) is 3.36. The number of carbonyl (C=O) groups excluding carboxylic acids is 1. The summed E-state index contributed by atoms with van der Waals surface area (Å²) in [5.74, 6) is 1.35. The van der Waals surface area contributed by atoms with Crippen molar-refractivity contribution in [1.29, 1.82) is 0 Å². The van der Waals surface area contributed by atoms with Gasteiger partial charge in [0.1, 0.15) is 17.9 Å². The third kappa shape index (κ3) is 3.23. The molecule has 1 amide bonds. The minimum Gasteiger partial charge on any atom is -0.354 e. The van der Waals surface area contributed by atoms with Crippen molar-refractivity contribution < 1.29 is 4.79 Å². The maximum atomic E-state index is 11.9. The van der Waals surface area contributed by atoms with E-state index in [1.54, 1.807) is 12.4 Å². The van der Waals surface area contributed by atoms with Crippen LogP contribution in [-0.4, -0.2) is 27.0 Å². The maximum Gasteiger partial charge on any atom is 0.240 e. The monoisotopic (exact) mass is 280 g/mol. The molecule has 0 radical (unpaired) electrons. The molecule has 0 saturated heterocycles. The minimum absolute atomic E-state index is 0.0313. The lowest BCUT2D eigenvalue weighted by molar-refractivity contribution is -0.121. The van der Waals surface area contributed by atoms with E-state index in [4.69, 9.17) is 11.6 Å². The van der Waals surface area contributed by atoms with Gasteiger partial charge >= 0.3 is 0 Å². The second-order valence-corrected chi connectivity index (χ2v) is 5.08.